The number of halogens is 1. The number of anilines is 3. The Morgan fingerprint density at radius 1 is 1.13 bits per heavy atom. The molecule has 0 amide bonds. The number of aromatic nitrogens is 4. The lowest BCUT2D eigenvalue weighted by atomic mass is 10.3. The van der Waals surface area contributed by atoms with Gasteiger partial charge in [0.25, 0.3) is 0 Å². The lowest BCUT2D eigenvalue weighted by Crippen LogP contribution is -2.43. The van der Waals surface area contributed by atoms with E-state index in [1.807, 2.05) is 24.5 Å². The summed E-state index contributed by atoms with van der Waals surface area (Å²) in [6.07, 6.45) is 5.55. The summed E-state index contributed by atoms with van der Waals surface area (Å²) in [6, 6.07) is 5.99. The van der Waals surface area contributed by atoms with Gasteiger partial charge in [-0.3, -0.25) is 0 Å². The van der Waals surface area contributed by atoms with E-state index in [0.717, 1.165) is 47.7 Å². The molecule has 8 heteroatoms. The molecule has 0 unspecified atom stereocenters. The van der Waals surface area contributed by atoms with Gasteiger partial charge in [-0.15, -0.1) is 5.10 Å². The number of pyridine rings is 1. The minimum atomic E-state index is 0.517. The van der Waals surface area contributed by atoms with E-state index in [1.54, 1.807) is 10.7 Å². The Bertz CT molecular complexity index is 808. The molecule has 1 aliphatic heterocycles. The fourth-order valence-electron chi connectivity index (χ4n) is 2.62. The third-order valence-electron chi connectivity index (χ3n) is 3.79. The van der Waals surface area contributed by atoms with Crippen LogP contribution in [0.4, 0.5) is 17.5 Å². The summed E-state index contributed by atoms with van der Waals surface area (Å²) in [5.74, 6) is 1.25. The van der Waals surface area contributed by atoms with Crippen LogP contribution in [0.25, 0.3) is 5.52 Å². The number of rotatable bonds is 3. The van der Waals surface area contributed by atoms with Gasteiger partial charge in [0.15, 0.2) is 0 Å². The average Bonchev–Trinajstić information content (AvgIpc) is 2.96. The van der Waals surface area contributed by atoms with Gasteiger partial charge >= 0.3 is 0 Å². The van der Waals surface area contributed by atoms with Crippen molar-refractivity contribution in [1.82, 2.24) is 24.9 Å². The Labute approximate surface area is 141 Å². The van der Waals surface area contributed by atoms with Crippen LogP contribution in [-0.2, 0) is 0 Å². The average molecular weight is 374 g/mol. The van der Waals surface area contributed by atoms with Crippen molar-refractivity contribution in [3.63, 3.8) is 0 Å². The first-order valence-corrected chi connectivity index (χ1v) is 8.27. The van der Waals surface area contributed by atoms with Gasteiger partial charge in [-0.1, -0.05) is 0 Å². The van der Waals surface area contributed by atoms with Gasteiger partial charge in [-0.05, 0) is 34.1 Å². The number of nitrogens with one attached hydrogen (secondary N) is 2. The molecule has 1 fully saturated rings. The summed E-state index contributed by atoms with van der Waals surface area (Å²) in [4.78, 5) is 11.1. The first-order chi connectivity index (χ1) is 11.3. The molecule has 3 aromatic rings. The highest BCUT2D eigenvalue weighted by Crippen LogP contribution is 2.18. The quantitative estimate of drug-likeness (QED) is 0.731. The minimum absolute atomic E-state index is 0.517. The van der Waals surface area contributed by atoms with Crippen molar-refractivity contribution < 1.29 is 0 Å². The molecule has 3 aromatic heterocycles. The number of hydrogen-bond donors (Lipinski definition) is 2. The van der Waals surface area contributed by atoms with Gasteiger partial charge in [0.1, 0.15) is 5.82 Å². The van der Waals surface area contributed by atoms with E-state index in [4.69, 9.17) is 0 Å². The molecule has 2 N–H and O–H groups in total. The Morgan fingerprint density at radius 2 is 2.00 bits per heavy atom. The van der Waals surface area contributed by atoms with Crippen LogP contribution in [0.1, 0.15) is 0 Å². The molecule has 0 saturated carbocycles. The van der Waals surface area contributed by atoms with E-state index in [9.17, 15) is 0 Å². The highest BCUT2D eigenvalue weighted by Gasteiger charge is 2.10. The molecular formula is C15H16BrN7. The smallest absolute Gasteiger partial charge is 0.246 e. The van der Waals surface area contributed by atoms with Gasteiger partial charge in [0.05, 0.1) is 23.6 Å². The SMILES string of the molecule is Brc1cc2cnc(Nc3ccc(N4CCNCC4)cn3)nn2c1. The predicted molar refractivity (Wildman–Crippen MR) is 93.3 cm³/mol. The summed E-state index contributed by atoms with van der Waals surface area (Å²) in [5.41, 5.74) is 2.08. The molecule has 0 radical (unpaired) electrons. The summed E-state index contributed by atoms with van der Waals surface area (Å²) < 4.78 is 2.75. The van der Waals surface area contributed by atoms with Crippen LogP contribution < -0.4 is 15.5 Å². The number of hydrogen-bond acceptors (Lipinski definition) is 6. The van der Waals surface area contributed by atoms with E-state index in [-0.39, 0.29) is 0 Å². The van der Waals surface area contributed by atoms with E-state index < -0.39 is 0 Å². The zero-order valence-electron chi connectivity index (χ0n) is 12.4. The van der Waals surface area contributed by atoms with E-state index in [0.29, 0.717) is 5.95 Å². The molecule has 4 heterocycles. The lowest BCUT2D eigenvalue weighted by Gasteiger charge is -2.29. The Morgan fingerprint density at radius 3 is 2.78 bits per heavy atom. The molecule has 0 aromatic carbocycles. The number of piperazine rings is 1. The van der Waals surface area contributed by atoms with Gasteiger partial charge in [-0.2, -0.15) is 0 Å². The van der Waals surface area contributed by atoms with Crippen LogP contribution in [0.5, 0.6) is 0 Å². The Hall–Kier alpha value is -2.19. The molecule has 23 heavy (non-hydrogen) atoms. The molecule has 1 aliphatic rings. The van der Waals surface area contributed by atoms with Crippen LogP contribution >= 0.6 is 15.9 Å². The van der Waals surface area contributed by atoms with E-state index in [2.05, 4.69) is 52.6 Å². The van der Waals surface area contributed by atoms with Crippen molar-refractivity contribution in [3.05, 3.63) is 41.3 Å². The summed E-state index contributed by atoms with van der Waals surface area (Å²) >= 11 is 3.43. The molecule has 118 valence electrons. The van der Waals surface area contributed by atoms with E-state index >= 15 is 0 Å². The van der Waals surface area contributed by atoms with Crippen molar-refractivity contribution in [2.75, 3.05) is 36.4 Å². The third-order valence-corrected chi connectivity index (χ3v) is 4.22. The fourth-order valence-corrected chi connectivity index (χ4v) is 3.04. The van der Waals surface area contributed by atoms with Crippen LogP contribution in [0, 0.1) is 0 Å². The van der Waals surface area contributed by atoms with Gasteiger partial charge in [0, 0.05) is 36.8 Å². The van der Waals surface area contributed by atoms with Gasteiger partial charge < -0.3 is 15.5 Å². The number of fused-ring (bicyclic) bond motifs is 1. The second kappa shape index (κ2) is 6.13. The maximum Gasteiger partial charge on any atom is 0.246 e. The fraction of sp³-hybridized carbons (Fsp3) is 0.267. The second-order valence-corrected chi connectivity index (χ2v) is 6.29. The van der Waals surface area contributed by atoms with Gasteiger partial charge in [0.2, 0.25) is 5.95 Å². The first kappa shape index (κ1) is 14.4. The maximum absolute atomic E-state index is 4.46. The molecular weight excluding hydrogens is 358 g/mol. The molecule has 0 atom stereocenters. The Kier molecular flexibility index (Phi) is 3.84. The Balaban J connectivity index is 1.50. The summed E-state index contributed by atoms with van der Waals surface area (Å²) in [6.45, 7) is 4.05. The number of nitrogens with zero attached hydrogens (tertiary/aromatic N) is 5. The van der Waals surface area contributed by atoms with Crippen molar-refractivity contribution in [1.29, 1.82) is 0 Å². The zero-order valence-corrected chi connectivity index (χ0v) is 14.0. The summed E-state index contributed by atoms with van der Waals surface area (Å²) in [5, 5.41) is 10.9. The standard InChI is InChI=1S/C15H16BrN7/c16-11-7-13-9-19-15(21-23(13)10-11)20-14-2-1-12(8-18-14)22-5-3-17-4-6-22/h1-2,7-10,17H,3-6H2,(H,18,20,21). The molecule has 0 spiro atoms. The van der Waals surface area contributed by atoms with Crippen LogP contribution in [-0.4, -0.2) is 45.8 Å². The third kappa shape index (κ3) is 3.13. The van der Waals surface area contributed by atoms with Crippen LogP contribution in [0.2, 0.25) is 0 Å². The molecule has 1 saturated heterocycles. The topological polar surface area (TPSA) is 70.4 Å². The molecule has 0 aliphatic carbocycles. The first-order valence-electron chi connectivity index (χ1n) is 7.48. The predicted octanol–water partition coefficient (Wildman–Crippen LogP) is 2.04. The largest absolute Gasteiger partial charge is 0.368 e. The minimum Gasteiger partial charge on any atom is -0.368 e. The molecule has 0 bridgehead atoms. The van der Waals surface area contributed by atoms with Crippen LogP contribution in [0.3, 0.4) is 0 Å². The highest BCUT2D eigenvalue weighted by atomic mass is 79.9. The van der Waals surface area contributed by atoms with Crippen molar-refractivity contribution >= 4 is 38.9 Å². The normalized spacial score (nSPS) is 15.1. The van der Waals surface area contributed by atoms with Gasteiger partial charge in [-0.25, -0.2) is 14.5 Å². The second-order valence-electron chi connectivity index (χ2n) is 5.37. The van der Waals surface area contributed by atoms with Crippen molar-refractivity contribution in [2.45, 2.75) is 0 Å². The maximum atomic E-state index is 4.46. The van der Waals surface area contributed by atoms with Crippen LogP contribution in [0.15, 0.2) is 41.3 Å². The lowest BCUT2D eigenvalue weighted by molar-refractivity contribution is 0.589. The van der Waals surface area contributed by atoms with Crippen molar-refractivity contribution in [2.24, 2.45) is 0 Å². The highest BCUT2D eigenvalue weighted by molar-refractivity contribution is 9.10. The monoisotopic (exact) mass is 373 g/mol. The molecule has 4 rings (SSSR count). The molecule has 7 nitrogen and oxygen atoms in total. The zero-order chi connectivity index (χ0) is 15.6. The summed E-state index contributed by atoms with van der Waals surface area (Å²) in [7, 11) is 0. The van der Waals surface area contributed by atoms with E-state index in [1.165, 1.54) is 0 Å². The van der Waals surface area contributed by atoms with Crippen molar-refractivity contribution in [3.8, 4) is 0 Å².